The van der Waals surface area contributed by atoms with E-state index in [4.69, 9.17) is 4.74 Å². The van der Waals surface area contributed by atoms with Crippen molar-refractivity contribution in [2.24, 2.45) is 5.92 Å². The molecule has 4 rings (SSSR count). The Hall–Kier alpha value is -2.38. The molecule has 1 saturated heterocycles. The number of methoxy groups -OCH3 is 1. The van der Waals surface area contributed by atoms with Crippen molar-refractivity contribution < 1.29 is 17.9 Å². The van der Waals surface area contributed by atoms with Gasteiger partial charge in [0.2, 0.25) is 15.9 Å². The fraction of sp³-hybridized carbons (Fsp3) is 0.435. The van der Waals surface area contributed by atoms with Crippen LogP contribution in [0.25, 0.3) is 0 Å². The third-order valence-corrected chi connectivity index (χ3v) is 7.88. The number of carbonyl (C=O) groups is 1. The predicted octanol–water partition coefficient (Wildman–Crippen LogP) is 3.29. The van der Waals surface area contributed by atoms with Gasteiger partial charge < -0.3 is 9.64 Å². The van der Waals surface area contributed by atoms with Gasteiger partial charge in [-0.3, -0.25) is 4.79 Å². The van der Waals surface area contributed by atoms with Gasteiger partial charge in [-0.15, -0.1) is 0 Å². The number of benzene rings is 2. The summed E-state index contributed by atoms with van der Waals surface area (Å²) >= 11 is 0. The third kappa shape index (κ3) is 4.52. The highest BCUT2D eigenvalue weighted by atomic mass is 32.2. The first-order chi connectivity index (χ1) is 14.5. The standard InChI is InChI=1S/C23H28N2O4S/c1-29-21-11-7-18(8-12-21)17-25(20-9-10-20)23(26)19-13-15-24(16-14-19)30(27,28)22-5-3-2-4-6-22/h2-8,11-12,19-20H,9-10,13-17H2,1H3. The normalized spacial score (nSPS) is 18.2. The van der Waals surface area contributed by atoms with Crippen molar-refractivity contribution in [3.05, 3.63) is 60.2 Å². The highest BCUT2D eigenvalue weighted by Gasteiger charge is 2.38. The van der Waals surface area contributed by atoms with Crippen LogP contribution >= 0.6 is 0 Å². The molecule has 0 aromatic heterocycles. The molecule has 7 heteroatoms. The van der Waals surface area contributed by atoms with Gasteiger partial charge in [-0.1, -0.05) is 30.3 Å². The molecule has 1 aliphatic carbocycles. The van der Waals surface area contributed by atoms with Crippen LogP contribution in [-0.4, -0.2) is 49.8 Å². The molecule has 2 aliphatic rings. The molecule has 1 aliphatic heterocycles. The largest absolute Gasteiger partial charge is 0.497 e. The van der Waals surface area contributed by atoms with E-state index in [9.17, 15) is 13.2 Å². The molecule has 2 fully saturated rings. The Kier molecular flexibility index (Phi) is 6.11. The maximum atomic E-state index is 13.3. The van der Waals surface area contributed by atoms with E-state index in [-0.39, 0.29) is 11.8 Å². The number of hydrogen-bond donors (Lipinski definition) is 0. The second-order valence-electron chi connectivity index (χ2n) is 8.04. The molecule has 0 radical (unpaired) electrons. The molecular formula is C23H28N2O4S. The molecule has 160 valence electrons. The van der Waals surface area contributed by atoms with Gasteiger partial charge in [0.15, 0.2) is 0 Å². The van der Waals surface area contributed by atoms with E-state index in [2.05, 4.69) is 0 Å². The lowest BCUT2D eigenvalue weighted by Crippen LogP contribution is -2.44. The Labute approximate surface area is 178 Å². The molecule has 2 aromatic rings. The lowest BCUT2D eigenvalue weighted by molar-refractivity contribution is -0.138. The van der Waals surface area contributed by atoms with Gasteiger partial charge >= 0.3 is 0 Å². The van der Waals surface area contributed by atoms with Gasteiger partial charge in [0.25, 0.3) is 0 Å². The van der Waals surface area contributed by atoms with Gasteiger partial charge in [0.05, 0.1) is 12.0 Å². The van der Waals surface area contributed by atoms with Crippen molar-refractivity contribution in [2.45, 2.75) is 43.2 Å². The number of ether oxygens (including phenoxy) is 1. The van der Waals surface area contributed by atoms with Crippen LogP contribution in [-0.2, 0) is 21.4 Å². The highest BCUT2D eigenvalue weighted by Crippen LogP contribution is 2.33. The van der Waals surface area contributed by atoms with Gasteiger partial charge in [0.1, 0.15) is 5.75 Å². The number of piperidine rings is 1. The van der Waals surface area contributed by atoms with Crippen LogP contribution in [0.2, 0.25) is 0 Å². The summed E-state index contributed by atoms with van der Waals surface area (Å²) in [6.45, 7) is 1.36. The zero-order valence-corrected chi connectivity index (χ0v) is 18.1. The fourth-order valence-electron chi connectivity index (χ4n) is 4.02. The van der Waals surface area contributed by atoms with Crippen molar-refractivity contribution in [1.29, 1.82) is 0 Å². The molecule has 1 heterocycles. The van der Waals surface area contributed by atoms with E-state index < -0.39 is 10.0 Å². The number of carbonyl (C=O) groups excluding carboxylic acids is 1. The Bertz CT molecular complexity index is 964. The summed E-state index contributed by atoms with van der Waals surface area (Å²) in [6, 6.07) is 16.6. The molecule has 1 amide bonds. The molecule has 1 saturated carbocycles. The minimum atomic E-state index is -3.49. The topological polar surface area (TPSA) is 66.9 Å². The number of rotatable bonds is 7. The van der Waals surface area contributed by atoms with Gasteiger partial charge in [0, 0.05) is 31.6 Å². The van der Waals surface area contributed by atoms with Crippen molar-refractivity contribution in [3.8, 4) is 5.75 Å². The summed E-state index contributed by atoms with van der Waals surface area (Å²) < 4.78 is 32.4. The maximum Gasteiger partial charge on any atom is 0.243 e. The van der Waals surface area contributed by atoms with Crippen LogP contribution in [0.5, 0.6) is 5.75 Å². The molecule has 0 N–H and O–H groups in total. The van der Waals surface area contributed by atoms with E-state index in [1.54, 1.807) is 37.4 Å². The molecule has 6 nitrogen and oxygen atoms in total. The molecular weight excluding hydrogens is 400 g/mol. The summed E-state index contributed by atoms with van der Waals surface area (Å²) in [5.41, 5.74) is 1.08. The van der Waals surface area contributed by atoms with Crippen LogP contribution in [0, 0.1) is 5.92 Å². The lowest BCUT2D eigenvalue weighted by Gasteiger charge is -2.34. The average Bonchev–Trinajstić information content (AvgIpc) is 3.63. The van der Waals surface area contributed by atoms with Crippen molar-refractivity contribution in [3.63, 3.8) is 0 Å². The zero-order chi connectivity index (χ0) is 21.1. The minimum absolute atomic E-state index is 0.119. The molecule has 2 aromatic carbocycles. The van der Waals surface area contributed by atoms with Gasteiger partial charge in [-0.2, -0.15) is 4.31 Å². The van der Waals surface area contributed by atoms with E-state index >= 15 is 0 Å². The third-order valence-electron chi connectivity index (χ3n) is 5.97. The van der Waals surface area contributed by atoms with Crippen LogP contribution < -0.4 is 4.74 Å². The Morgan fingerprint density at radius 1 is 1.00 bits per heavy atom. The summed E-state index contributed by atoms with van der Waals surface area (Å²) in [5.74, 6) is 0.839. The second kappa shape index (κ2) is 8.78. The fourth-order valence-corrected chi connectivity index (χ4v) is 5.51. The van der Waals surface area contributed by atoms with E-state index in [1.807, 2.05) is 29.2 Å². The summed E-state index contributed by atoms with van der Waals surface area (Å²) in [4.78, 5) is 15.6. The summed E-state index contributed by atoms with van der Waals surface area (Å²) in [6.07, 6.45) is 3.22. The van der Waals surface area contributed by atoms with Crippen molar-refractivity contribution >= 4 is 15.9 Å². The average molecular weight is 429 g/mol. The van der Waals surface area contributed by atoms with Crippen LogP contribution in [0.4, 0.5) is 0 Å². The number of sulfonamides is 1. The van der Waals surface area contributed by atoms with E-state index in [0.717, 1.165) is 24.2 Å². The van der Waals surface area contributed by atoms with Crippen LogP contribution in [0.15, 0.2) is 59.5 Å². The SMILES string of the molecule is COc1ccc(CN(C(=O)C2CCN(S(=O)(=O)c3ccccc3)CC2)C2CC2)cc1. The van der Waals surface area contributed by atoms with Gasteiger partial charge in [-0.05, 0) is 55.5 Å². The summed E-state index contributed by atoms with van der Waals surface area (Å²) in [5, 5.41) is 0. The first-order valence-corrected chi connectivity index (χ1v) is 11.9. The van der Waals surface area contributed by atoms with Gasteiger partial charge in [-0.25, -0.2) is 8.42 Å². The first kappa shape index (κ1) is 20.9. The second-order valence-corrected chi connectivity index (χ2v) is 9.97. The highest BCUT2D eigenvalue weighted by molar-refractivity contribution is 7.89. The Morgan fingerprint density at radius 3 is 2.20 bits per heavy atom. The molecule has 0 unspecified atom stereocenters. The smallest absolute Gasteiger partial charge is 0.243 e. The zero-order valence-electron chi connectivity index (χ0n) is 17.2. The van der Waals surface area contributed by atoms with E-state index in [1.165, 1.54) is 4.31 Å². The van der Waals surface area contributed by atoms with Crippen molar-refractivity contribution in [2.75, 3.05) is 20.2 Å². The maximum absolute atomic E-state index is 13.3. The Balaban J connectivity index is 1.39. The van der Waals surface area contributed by atoms with Crippen LogP contribution in [0.3, 0.4) is 0 Å². The van der Waals surface area contributed by atoms with E-state index in [0.29, 0.717) is 43.4 Å². The van der Waals surface area contributed by atoms with Crippen molar-refractivity contribution in [1.82, 2.24) is 9.21 Å². The predicted molar refractivity (Wildman–Crippen MR) is 114 cm³/mol. The molecule has 0 atom stereocenters. The molecule has 0 spiro atoms. The molecule has 0 bridgehead atoms. The first-order valence-electron chi connectivity index (χ1n) is 10.5. The monoisotopic (exact) mass is 428 g/mol. The van der Waals surface area contributed by atoms with Crippen LogP contribution in [0.1, 0.15) is 31.2 Å². The minimum Gasteiger partial charge on any atom is -0.497 e. The number of nitrogens with zero attached hydrogens (tertiary/aromatic N) is 2. The Morgan fingerprint density at radius 2 is 1.63 bits per heavy atom. The number of hydrogen-bond acceptors (Lipinski definition) is 4. The quantitative estimate of drug-likeness (QED) is 0.679. The lowest BCUT2D eigenvalue weighted by atomic mass is 9.96. The summed E-state index contributed by atoms with van der Waals surface area (Å²) in [7, 11) is -1.86. The number of amides is 1. The molecule has 30 heavy (non-hydrogen) atoms.